The van der Waals surface area contributed by atoms with E-state index < -0.39 is 0 Å². The molecule has 0 spiro atoms. The van der Waals surface area contributed by atoms with Gasteiger partial charge in [0.2, 0.25) is 0 Å². The summed E-state index contributed by atoms with van der Waals surface area (Å²) in [6, 6.07) is 25.1. The number of aromatic nitrogens is 1. The van der Waals surface area contributed by atoms with E-state index in [2.05, 4.69) is 58.8 Å². The van der Waals surface area contributed by atoms with Gasteiger partial charge in [0.15, 0.2) is 0 Å². The van der Waals surface area contributed by atoms with Crippen molar-refractivity contribution in [1.82, 2.24) is 10.3 Å². The van der Waals surface area contributed by atoms with Gasteiger partial charge in [0.05, 0.1) is 5.69 Å². The van der Waals surface area contributed by atoms with E-state index in [0.29, 0.717) is 0 Å². The first-order chi connectivity index (χ1) is 10.4. The molecule has 1 N–H and O–H groups in total. The van der Waals surface area contributed by atoms with Crippen molar-refractivity contribution in [2.75, 3.05) is 0 Å². The summed E-state index contributed by atoms with van der Waals surface area (Å²) < 4.78 is 0. The van der Waals surface area contributed by atoms with Gasteiger partial charge in [-0.3, -0.25) is 4.98 Å². The van der Waals surface area contributed by atoms with Gasteiger partial charge in [-0.25, -0.2) is 0 Å². The van der Waals surface area contributed by atoms with Crippen molar-refractivity contribution < 1.29 is 0 Å². The van der Waals surface area contributed by atoms with Crippen LogP contribution in [0.5, 0.6) is 0 Å². The Morgan fingerprint density at radius 1 is 0.682 bits per heavy atom. The molecule has 3 heteroatoms. The fourth-order valence-electron chi connectivity index (χ4n) is 2.28. The van der Waals surface area contributed by atoms with Crippen molar-refractivity contribution in [3.8, 4) is 11.1 Å². The Balaban J connectivity index is 0.00000176. The SMILES string of the molecule is Cl.c1ccc(-c2ccc(CNCc3ccccn3)cc2)cc1. The second-order valence-electron chi connectivity index (χ2n) is 4.99. The van der Waals surface area contributed by atoms with Crippen LogP contribution in [0.2, 0.25) is 0 Å². The molecule has 0 unspecified atom stereocenters. The third-order valence-electron chi connectivity index (χ3n) is 3.42. The monoisotopic (exact) mass is 310 g/mol. The minimum atomic E-state index is 0. The lowest BCUT2D eigenvalue weighted by atomic mass is 10.0. The Morgan fingerprint density at radius 3 is 2.05 bits per heavy atom. The van der Waals surface area contributed by atoms with Gasteiger partial charge in [0, 0.05) is 19.3 Å². The number of hydrogen-bond acceptors (Lipinski definition) is 2. The van der Waals surface area contributed by atoms with Crippen molar-refractivity contribution in [3.63, 3.8) is 0 Å². The van der Waals surface area contributed by atoms with Gasteiger partial charge in [-0.15, -0.1) is 12.4 Å². The van der Waals surface area contributed by atoms with E-state index >= 15 is 0 Å². The van der Waals surface area contributed by atoms with E-state index in [0.717, 1.165) is 18.8 Å². The highest BCUT2D eigenvalue weighted by atomic mass is 35.5. The zero-order valence-corrected chi connectivity index (χ0v) is 13.1. The molecule has 0 fully saturated rings. The lowest BCUT2D eigenvalue weighted by Gasteiger charge is -2.06. The third-order valence-corrected chi connectivity index (χ3v) is 3.42. The molecule has 0 radical (unpaired) electrons. The Hall–Kier alpha value is -2.16. The Morgan fingerprint density at radius 2 is 1.36 bits per heavy atom. The molecular formula is C19H19ClN2. The van der Waals surface area contributed by atoms with Gasteiger partial charge >= 0.3 is 0 Å². The van der Waals surface area contributed by atoms with Crippen LogP contribution in [0.15, 0.2) is 79.0 Å². The van der Waals surface area contributed by atoms with Crippen molar-refractivity contribution >= 4 is 12.4 Å². The molecule has 3 rings (SSSR count). The number of rotatable bonds is 5. The smallest absolute Gasteiger partial charge is 0.0541 e. The predicted octanol–water partition coefficient (Wildman–Crippen LogP) is 4.46. The Bertz CT molecular complexity index is 667. The van der Waals surface area contributed by atoms with E-state index in [1.54, 1.807) is 0 Å². The molecule has 1 heterocycles. The molecule has 112 valence electrons. The summed E-state index contributed by atoms with van der Waals surface area (Å²) in [6.07, 6.45) is 1.83. The van der Waals surface area contributed by atoms with Crippen LogP contribution in [0.4, 0.5) is 0 Å². The van der Waals surface area contributed by atoms with Crippen LogP contribution in [-0.4, -0.2) is 4.98 Å². The van der Waals surface area contributed by atoms with Crippen molar-refractivity contribution in [3.05, 3.63) is 90.3 Å². The Kier molecular flexibility index (Phi) is 6.13. The molecule has 2 aromatic carbocycles. The normalized spacial score (nSPS) is 10.0. The maximum absolute atomic E-state index is 4.30. The van der Waals surface area contributed by atoms with Crippen LogP contribution in [0, 0.1) is 0 Å². The number of halogens is 1. The summed E-state index contributed by atoms with van der Waals surface area (Å²) in [7, 11) is 0. The topological polar surface area (TPSA) is 24.9 Å². The van der Waals surface area contributed by atoms with Gasteiger partial charge < -0.3 is 5.32 Å². The zero-order chi connectivity index (χ0) is 14.3. The number of nitrogens with zero attached hydrogens (tertiary/aromatic N) is 1. The minimum absolute atomic E-state index is 0. The summed E-state index contributed by atoms with van der Waals surface area (Å²) in [4.78, 5) is 4.30. The second kappa shape index (κ2) is 8.32. The van der Waals surface area contributed by atoms with Crippen LogP contribution in [0.3, 0.4) is 0 Å². The van der Waals surface area contributed by atoms with Crippen LogP contribution >= 0.6 is 12.4 Å². The maximum atomic E-state index is 4.30. The summed E-state index contributed by atoms with van der Waals surface area (Å²) in [5.74, 6) is 0. The van der Waals surface area contributed by atoms with E-state index in [1.165, 1.54) is 16.7 Å². The highest BCUT2D eigenvalue weighted by Crippen LogP contribution is 2.19. The molecule has 0 saturated heterocycles. The fourth-order valence-corrected chi connectivity index (χ4v) is 2.28. The van der Waals surface area contributed by atoms with E-state index in [-0.39, 0.29) is 12.4 Å². The first-order valence-corrected chi connectivity index (χ1v) is 7.17. The number of benzene rings is 2. The molecule has 3 aromatic rings. The first kappa shape index (κ1) is 16.2. The van der Waals surface area contributed by atoms with Gasteiger partial charge in [-0.1, -0.05) is 60.7 Å². The average Bonchev–Trinajstić information content (AvgIpc) is 2.57. The molecule has 0 atom stereocenters. The quantitative estimate of drug-likeness (QED) is 0.752. The van der Waals surface area contributed by atoms with Gasteiger partial charge in [0.25, 0.3) is 0 Å². The van der Waals surface area contributed by atoms with E-state index in [4.69, 9.17) is 0 Å². The number of pyridine rings is 1. The second-order valence-corrected chi connectivity index (χ2v) is 4.99. The molecule has 0 amide bonds. The summed E-state index contributed by atoms with van der Waals surface area (Å²) in [6.45, 7) is 1.65. The van der Waals surface area contributed by atoms with Crippen molar-refractivity contribution in [2.45, 2.75) is 13.1 Å². The molecular weight excluding hydrogens is 292 g/mol. The van der Waals surface area contributed by atoms with Gasteiger partial charge in [0.1, 0.15) is 0 Å². The average molecular weight is 311 g/mol. The highest BCUT2D eigenvalue weighted by molar-refractivity contribution is 5.85. The van der Waals surface area contributed by atoms with Crippen LogP contribution < -0.4 is 5.32 Å². The summed E-state index contributed by atoms with van der Waals surface area (Å²) >= 11 is 0. The molecule has 1 aromatic heterocycles. The van der Waals surface area contributed by atoms with E-state index in [1.807, 2.05) is 30.5 Å². The minimum Gasteiger partial charge on any atom is -0.307 e. The van der Waals surface area contributed by atoms with Gasteiger partial charge in [-0.2, -0.15) is 0 Å². The lowest BCUT2D eigenvalue weighted by molar-refractivity contribution is 0.680. The molecule has 0 aliphatic carbocycles. The molecule has 0 saturated carbocycles. The predicted molar refractivity (Wildman–Crippen MR) is 93.9 cm³/mol. The number of hydrogen-bond donors (Lipinski definition) is 1. The van der Waals surface area contributed by atoms with Crippen molar-refractivity contribution in [1.29, 1.82) is 0 Å². The largest absolute Gasteiger partial charge is 0.307 e. The lowest BCUT2D eigenvalue weighted by Crippen LogP contribution is -2.13. The zero-order valence-electron chi connectivity index (χ0n) is 12.3. The van der Waals surface area contributed by atoms with Crippen molar-refractivity contribution in [2.24, 2.45) is 0 Å². The summed E-state index contributed by atoms with van der Waals surface area (Å²) in [5, 5.41) is 3.41. The molecule has 2 nitrogen and oxygen atoms in total. The number of nitrogens with one attached hydrogen (secondary N) is 1. The molecule has 0 aliphatic rings. The Labute approximate surface area is 137 Å². The van der Waals surface area contributed by atoms with Crippen LogP contribution in [0.1, 0.15) is 11.3 Å². The van der Waals surface area contributed by atoms with E-state index in [9.17, 15) is 0 Å². The molecule has 22 heavy (non-hydrogen) atoms. The maximum Gasteiger partial charge on any atom is 0.0541 e. The standard InChI is InChI=1S/C19H18N2.ClH/c1-2-6-17(7-3-1)18-11-9-16(10-12-18)14-20-15-19-8-4-5-13-21-19;/h1-13,20H,14-15H2;1H. The fraction of sp³-hybridized carbons (Fsp3) is 0.105. The third kappa shape index (κ3) is 4.42. The van der Waals surface area contributed by atoms with Crippen LogP contribution in [0.25, 0.3) is 11.1 Å². The van der Waals surface area contributed by atoms with Gasteiger partial charge in [-0.05, 0) is 28.8 Å². The first-order valence-electron chi connectivity index (χ1n) is 7.17. The summed E-state index contributed by atoms with van der Waals surface area (Å²) in [5.41, 5.74) is 4.86. The molecule has 0 bridgehead atoms. The van der Waals surface area contributed by atoms with Crippen LogP contribution in [-0.2, 0) is 13.1 Å². The molecule has 0 aliphatic heterocycles. The highest BCUT2D eigenvalue weighted by Gasteiger charge is 1.98.